The van der Waals surface area contributed by atoms with Crippen molar-refractivity contribution in [1.29, 1.82) is 0 Å². The maximum Gasteiger partial charge on any atom is 0.246 e. The van der Waals surface area contributed by atoms with E-state index in [4.69, 9.17) is 16.1 Å². The van der Waals surface area contributed by atoms with Crippen LogP contribution in [0, 0.1) is 0 Å². The van der Waals surface area contributed by atoms with Gasteiger partial charge in [0.25, 0.3) is 0 Å². The van der Waals surface area contributed by atoms with Crippen LogP contribution in [0.3, 0.4) is 0 Å². The number of aromatic nitrogens is 4. The van der Waals surface area contributed by atoms with Crippen LogP contribution in [0.1, 0.15) is 11.5 Å². The highest BCUT2D eigenvalue weighted by Gasteiger charge is 2.09. The monoisotopic (exact) mass is 563 g/mol. The number of hydrogen-bond acceptors (Lipinski definition) is 5. The highest BCUT2D eigenvalue weighted by atomic mass is 127. The summed E-state index contributed by atoms with van der Waals surface area (Å²) in [6, 6.07) is 17.5. The van der Waals surface area contributed by atoms with Gasteiger partial charge in [-0.05, 0) is 54.4 Å². The van der Waals surface area contributed by atoms with Gasteiger partial charge in [0.15, 0.2) is 5.96 Å². The number of aliphatic imine (C=N–C) groups is 1. The molecule has 4 aromatic rings. The predicted molar refractivity (Wildman–Crippen MR) is 136 cm³/mol. The zero-order valence-electron chi connectivity index (χ0n) is 17.4. The van der Waals surface area contributed by atoms with Crippen molar-refractivity contribution < 1.29 is 4.52 Å². The molecule has 10 heteroatoms. The zero-order valence-corrected chi connectivity index (χ0v) is 20.5. The van der Waals surface area contributed by atoms with Gasteiger partial charge >= 0.3 is 0 Å². The molecule has 32 heavy (non-hydrogen) atoms. The summed E-state index contributed by atoms with van der Waals surface area (Å²) in [6.07, 6.45) is 4.55. The molecule has 2 heterocycles. The number of nitrogens with one attached hydrogen (secondary N) is 2. The van der Waals surface area contributed by atoms with Crippen LogP contribution in [0.15, 0.2) is 76.5 Å². The van der Waals surface area contributed by atoms with Gasteiger partial charge in [0, 0.05) is 36.6 Å². The first kappa shape index (κ1) is 23.7. The van der Waals surface area contributed by atoms with Gasteiger partial charge < -0.3 is 15.2 Å². The Hall–Kier alpha value is -2.92. The fourth-order valence-electron chi connectivity index (χ4n) is 2.98. The lowest BCUT2D eigenvalue weighted by Gasteiger charge is -2.10. The average Bonchev–Trinajstić information content (AvgIpc) is 3.50. The molecule has 0 aliphatic carbocycles. The molecular weight excluding hydrogens is 541 g/mol. The molecule has 0 radical (unpaired) electrons. The van der Waals surface area contributed by atoms with Crippen molar-refractivity contribution in [3.05, 3.63) is 83.5 Å². The molecule has 0 saturated heterocycles. The summed E-state index contributed by atoms with van der Waals surface area (Å²) in [5.41, 5.74) is 3.11. The summed E-state index contributed by atoms with van der Waals surface area (Å²) in [7, 11) is 1.72. The molecule has 0 saturated carbocycles. The lowest BCUT2D eigenvalue weighted by Crippen LogP contribution is -2.37. The second kappa shape index (κ2) is 11.6. The number of nitrogens with zero attached hydrogens (tertiary/aromatic N) is 5. The van der Waals surface area contributed by atoms with Gasteiger partial charge in [0.1, 0.15) is 0 Å². The first-order valence-electron chi connectivity index (χ1n) is 9.83. The molecule has 4 rings (SSSR count). The summed E-state index contributed by atoms with van der Waals surface area (Å²) in [5.74, 6) is 1.66. The molecule has 0 aliphatic heterocycles. The second-order valence-electron chi connectivity index (χ2n) is 6.74. The normalized spacial score (nSPS) is 11.1. The average molecular weight is 564 g/mol. The molecule has 2 aromatic heterocycles. The Bertz CT molecular complexity index is 1130. The van der Waals surface area contributed by atoms with Gasteiger partial charge in [-0.25, -0.2) is 4.68 Å². The topological polar surface area (TPSA) is 93.2 Å². The SMILES string of the molecule is CN=C(NCCc1ccc(-n2cccn2)cc1)NCc1nc(-c2ccc(Cl)cc2)no1.I. The Morgan fingerprint density at radius 2 is 1.88 bits per heavy atom. The predicted octanol–water partition coefficient (Wildman–Crippen LogP) is 4.10. The maximum absolute atomic E-state index is 5.92. The Kier molecular flexibility index (Phi) is 8.63. The van der Waals surface area contributed by atoms with E-state index in [-0.39, 0.29) is 24.0 Å². The van der Waals surface area contributed by atoms with Crippen molar-refractivity contribution in [2.75, 3.05) is 13.6 Å². The first-order valence-corrected chi connectivity index (χ1v) is 10.2. The summed E-state index contributed by atoms with van der Waals surface area (Å²) in [4.78, 5) is 8.64. The van der Waals surface area contributed by atoms with E-state index in [1.165, 1.54) is 5.56 Å². The number of halogens is 2. The number of hydrogen-bond donors (Lipinski definition) is 2. The van der Waals surface area contributed by atoms with Gasteiger partial charge in [-0.15, -0.1) is 24.0 Å². The van der Waals surface area contributed by atoms with E-state index in [0.29, 0.717) is 29.2 Å². The van der Waals surface area contributed by atoms with Crippen molar-refractivity contribution in [1.82, 2.24) is 30.6 Å². The molecule has 0 bridgehead atoms. The van der Waals surface area contributed by atoms with Crippen molar-refractivity contribution in [3.63, 3.8) is 0 Å². The maximum atomic E-state index is 5.92. The minimum atomic E-state index is 0. The van der Waals surface area contributed by atoms with Crippen LogP contribution in [0.2, 0.25) is 5.02 Å². The first-order chi connectivity index (χ1) is 15.2. The van der Waals surface area contributed by atoms with E-state index in [1.807, 2.05) is 29.1 Å². The van der Waals surface area contributed by atoms with E-state index in [0.717, 1.165) is 24.2 Å². The minimum absolute atomic E-state index is 0. The molecule has 0 aliphatic rings. The smallest absolute Gasteiger partial charge is 0.246 e. The fraction of sp³-hybridized carbons (Fsp3) is 0.182. The quantitative estimate of drug-likeness (QED) is 0.200. The van der Waals surface area contributed by atoms with Crippen LogP contribution >= 0.6 is 35.6 Å². The Balaban J connectivity index is 0.00000289. The van der Waals surface area contributed by atoms with Crippen molar-refractivity contribution in [2.45, 2.75) is 13.0 Å². The van der Waals surface area contributed by atoms with Crippen LogP contribution in [0.4, 0.5) is 0 Å². The lowest BCUT2D eigenvalue weighted by atomic mass is 10.1. The fourth-order valence-corrected chi connectivity index (χ4v) is 3.11. The molecule has 0 fully saturated rings. The van der Waals surface area contributed by atoms with Gasteiger partial charge in [-0.1, -0.05) is 28.9 Å². The van der Waals surface area contributed by atoms with Gasteiger partial charge in [-0.3, -0.25) is 4.99 Å². The molecular formula is C22H23ClIN7O. The summed E-state index contributed by atoms with van der Waals surface area (Å²) in [6.45, 7) is 1.11. The summed E-state index contributed by atoms with van der Waals surface area (Å²) in [5, 5.41) is 15.4. The number of benzene rings is 2. The molecule has 0 amide bonds. The van der Waals surface area contributed by atoms with Crippen molar-refractivity contribution in [2.24, 2.45) is 4.99 Å². The molecule has 2 N–H and O–H groups in total. The minimum Gasteiger partial charge on any atom is -0.356 e. The Labute approximate surface area is 208 Å². The molecule has 8 nitrogen and oxygen atoms in total. The van der Waals surface area contributed by atoms with E-state index >= 15 is 0 Å². The van der Waals surface area contributed by atoms with Crippen LogP contribution < -0.4 is 10.6 Å². The van der Waals surface area contributed by atoms with Crippen LogP contribution in [-0.2, 0) is 13.0 Å². The summed E-state index contributed by atoms with van der Waals surface area (Å²) >= 11 is 5.92. The van der Waals surface area contributed by atoms with E-state index in [9.17, 15) is 0 Å². The Morgan fingerprint density at radius 3 is 2.56 bits per heavy atom. The largest absolute Gasteiger partial charge is 0.356 e. The molecule has 0 unspecified atom stereocenters. The highest BCUT2D eigenvalue weighted by molar-refractivity contribution is 14.0. The third-order valence-electron chi connectivity index (χ3n) is 4.61. The molecule has 0 spiro atoms. The third-order valence-corrected chi connectivity index (χ3v) is 4.86. The van der Waals surface area contributed by atoms with Gasteiger partial charge in [0.2, 0.25) is 11.7 Å². The van der Waals surface area contributed by atoms with Crippen molar-refractivity contribution >= 4 is 41.5 Å². The number of rotatable bonds is 7. The standard InChI is InChI=1S/C22H22ClN7O.HI/c1-24-22(25-13-11-16-3-9-19(10-4-16)30-14-2-12-27-30)26-15-20-28-21(29-31-20)17-5-7-18(23)8-6-17;/h2-10,12,14H,11,13,15H2,1H3,(H2,24,25,26);1H. The lowest BCUT2D eigenvalue weighted by molar-refractivity contribution is 0.375. The van der Waals surface area contributed by atoms with Crippen LogP contribution in [-0.4, -0.2) is 39.5 Å². The van der Waals surface area contributed by atoms with E-state index in [1.54, 1.807) is 25.4 Å². The Morgan fingerprint density at radius 1 is 1.09 bits per heavy atom. The third kappa shape index (κ3) is 6.30. The molecule has 2 aromatic carbocycles. The summed E-state index contributed by atoms with van der Waals surface area (Å²) < 4.78 is 7.15. The zero-order chi connectivity index (χ0) is 21.5. The number of guanidine groups is 1. The van der Waals surface area contributed by atoms with Crippen LogP contribution in [0.25, 0.3) is 17.1 Å². The van der Waals surface area contributed by atoms with Crippen LogP contribution in [0.5, 0.6) is 0 Å². The van der Waals surface area contributed by atoms with E-state index in [2.05, 4.69) is 55.1 Å². The molecule has 166 valence electrons. The van der Waals surface area contributed by atoms with Gasteiger partial charge in [0.05, 0.1) is 12.2 Å². The second-order valence-corrected chi connectivity index (χ2v) is 7.17. The van der Waals surface area contributed by atoms with E-state index < -0.39 is 0 Å². The highest BCUT2D eigenvalue weighted by Crippen LogP contribution is 2.18. The van der Waals surface area contributed by atoms with Gasteiger partial charge in [-0.2, -0.15) is 10.1 Å². The molecule has 0 atom stereocenters. The van der Waals surface area contributed by atoms with Crippen molar-refractivity contribution in [3.8, 4) is 17.1 Å².